The highest BCUT2D eigenvalue weighted by atomic mass is 19.1. The van der Waals surface area contributed by atoms with Gasteiger partial charge >= 0.3 is 6.09 Å². The molecule has 5 aliphatic rings. The maximum Gasteiger partial charge on any atom is 0.408 e. The number of hydrogen-bond acceptors (Lipinski definition) is 6. The van der Waals surface area contributed by atoms with Crippen molar-refractivity contribution in [2.24, 2.45) is 5.92 Å². The van der Waals surface area contributed by atoms with Gasteiger partial charge in [0.25, 0.3) is 0 Å². The molecule has 0 radical (unpaired) electrons. The minimum Gasteiger partial charge on any atom is -0.444 e. The minimum absolute atomic E-state index is 0.0283. The smallest absolute Gasteiger partial charge is 0.408 e. The molecule has 2 saturated carbocycles. The molecule has 3 saturated heterocycles. The predicted octanol–water partition coefficient (Wildman–Crippen LogP) is 3.68. The van der Waals surface area contributed by atoms with E-state index in [0.717, 1.165) is 44.1 Å². The molecule has 3 aliphatic heterocycles. The van der Waals surface area contributed by atoms with Crippen LogP contribution in [0.25, 0.3) is 0 Å². The molecule has 6 rings (SSSR count). The largest absolute Gasteiger partial charge is 0.444 e. The maximum absolute atomic E-state index is 14.1. The molecule has 5 fully saturated rings. The van der Waals surface area contributed by atoms with Crippen LogP contribution in [-0.4, -0.2) is 81.5 Å². The molecule has 1 N–H and O–H groups in total. The number of likely N-dealkylation sites (tertiary alicyclic amines) is 3. The third kappa shape index (κ3) is 5.07. The van der Waals surface area contributed by atoms with Crippen LogP contribution in [0.2, 0.25) is 0 Å². The van der Waals surface area contributed by atoms with Gasteiger partial charge in [0.1, 0.15) is 23.5 Å². The summed E-state index contributed by atoms with van der Waals surface area (Å²) in [6.07, 6.45) is 6.36. The zero-order valence-corrected chi connectivity index (χ0v) is 24.1. The molecule has 41 heavy (non-hydrogen) atoms. The van der Waals surface area contributed by atoms with Gasteiger partial charge in [0, 0.05) is 25.2 Å². The number of carbonyl (C=O) groups is 3. The molecular formula is C31H40FN5O4. The summed E-state index contributed by atoms with van der Waals surface area (Å²) >= 11 is 0. The van der Waals surface area contributed by atoms with Crippen LogP contribution in [0.3, 0.4) is 0 Å². The number of piperazine rings is 1. The monoisotopic (exact) mass is 565 g/mol. The van der Waals surface area contributed by atoms with Crippen molar-refractivity contribution in [1.29, 1.82) is 5.26 Å². The molecule has 2 aliphatic carbocycles. The summed E-state index contributed by atoms with van der Waals surface area (Å²) in [5.74, 6) is -0.187. The van der Waals surface area contributed by atoms with Crippen molar-refractivity contribution >= 4 is 17.9 Å². The van der Waals surface area contributed by atoms with Gasteiger partial charge in [-0.1, -0.05) is 31.4 Å². The number of nitrogens with zero attached hydrogens (tertiary/aromatic N) is 4. The number of alkyl carbamates (subject to hydrolysis) is 1. The minimum atomic E-state index is -0.929. The first-order chi connectivity index (χ1) is 19.5. The Balaban J connectivity index is 1.22. The van der Waals surface area contributed by atoms with Gasteiger partial charge in [-0.3, -0.25) is 14.5 Å². The molecule has 1 aromatic carbocycles. The van der Waals surface area contributed by atoms with Crippen LogP contribution < -0.4 is 5.32 Å². The fourth-order valence-electron chi connectivity index (χ4n) is 7.93. The topological polar surface area (TPSA) is 106 Å². The molecule has 10 heteroatoms. The van der Waals surface area contributed by atoms with E-state index in [1.807, 2.05) is 17.0 Å². The standard InChI is InChI=1S/C31H40FN5O4/c1-30(2,3)41-29(40)34-24(27(38)36-22(16-33)13-19-14-25(19)36)18-35-17-23-15-26(35)28(39)37(23)31(11-5-4-6-12-31)20-7-9-21(32)10-8-20/h7-10,19,22-26H,4-6,11-15,17-18H2,1-3H3,(H,34,40)/t19-,22+,23+,24+,25+,26+/m1/s1. The summed E-state index contributed by atoms with van der Waals surface area (Å²) in [5, 5.41) is 12.5. The lowest BCUT2D eigenvalue weighted by Crippen LogP contribution is -2.62. The van der Waals surface area contributed by atoms with Crippen molar-refractivity contribution in [3.63, 3.8) is 0 Å². The second-order valence-electron chi connectivity index (χ2n) is 13.6. The van der Waals surface area contributed by atoms with E-state index in [4.69, 9.17) is 4.74 Å². The molecule has 6 atom stereocenters. The molecule has 220 valence electrons. The average molecular weight is 566 g/mol. The zero-order chi connectivity index (χ0) is 29.1. The number of fused-ring (bicyclic) bond motifs is 3. The number of nitriles is 1. The lowest BCUT2D eigenvalue weighted by Gasteiger charge is -2.50. The van der Waals surface area contributed by atoms with Crippen molar-refractivity contribution in [2.75, 3.05) is 13.1 Å². The lowest BCUT2D eigenvalue weighted by molar-refractivity contribution is -0.148. The number of carbonyl (C=O) groups excluding carboxylic acids is 3. The average Bonchev–Trinajstić information content (AvgIpc) is 3.24. The third-order valence-corrected chi connectivity index (χ3v) is 9.71. The Morgan fingerprint density at radius 3 is 2.49 bits per heavy atom. The zero-order valence-electron chi connectivity index (χ0n) is 24.1. The van der Waals surface area contributed by atoms with Crippen molar-refractivity contribution in [3.05, 3.63) is 35.6 Å². The Morgan fingerprint density at radius 1 is 1.15 bits per heavy atom. The highest BCUT2D eigenvalue weighted by molar-refractivity contribution is 5.89. The SMILES string of the molecule is CC(C)(C)OC(=O)N[C@@H](CN1C[C@@H]2C[C@H]1C(=O)N2C1(c2ccc(F)cc2)CCCCC1)C(=O)N1[C@H](C#N)C[C@@H]2C[C@@H]21. The molecule has 0 unspecified atom stereocenters. The molecule has 3 amide bonds. The van der Waals surface area contributed by atoms with E-state index >= 15 is 0 Å². The summed E-state index contributed by atoms with van der Waals surface area (Å²) in [7, 11) is 0. The third-order valence-electron chi connectivity index (χ3n) is 9.71. The molecule has 2 bridgehead atoms. The first-order valence-electron chi connectivity index (χ1n) is 15.1. The summed E-state index contributed by atoms with van der Waals surface area (Å²) in [6, 6.07) is 7.06. The van der Waals surface area contributed by atoms with Crippen molar-refractivity contribution in [1.82, 2.24) is 20.0 Å². The quantitative estimate of drug-likeness (QED) is 0.564. The fraction of sp³-hybridized carbons (Fsp3) is 0.677. The van der Waals surface area contributed by atoms with Crippen molar-refractivity contribution in [3.8, 4) is 6.07 Å². The van der Waals surface area contributed by atoms with Crippen LogP contribution in [0.1, 0.15) is 77.7 Å². The number of piperidine rings is 1. The number of ether oxygens (including phenoxy) is 1. The lowest BCUT2D eigenvalue weighted by atomic mass is 9.74. The van der Waals surface area contributed by atoms with Gasteiger partial charge in [-0.05, 0) is 76.5 Å². The Hall–Kier alpha value is -3.19. The van der Waals surface area contributed by atoms with Gasteiger partial charge in [-0.25, -0.2) is 9.18 Å². The Labute approximate surface area is 241 Å². The first kappa shape index (κ1) is 28.0. The molecule has 0 aromatic heterocycles. The number of hydrogen-bond donors (Lipinski definition) is 1. The number of rotatable bonds is 6. The fourth-order valence-corrected chi connectivity index (χ4v) is 7.93. The normalized spacial score (nSPS) is 31.0. The molecule has 1 aromatic rings. The summed E-state index contributed by atoms with van der Waals surface area (Å²) in [5.41, 5.74) is -0.198. The van der Waals surface area contributed by atoms with Gasteiger partial charge in [0.05, 0.1) is 17.6 Å². The van der Waals surface area contributed by atoms with Gasteiger partial charge < -0.3 is 19.9 Å². The summed E-state index contributed by atoms with van der Waals surface area (Å²) in [4.78, 5) is 46.5. The van der Waals surface area contributed by atoms with Gasteiger partial charge in [-0.15, -0.1) is 0 Å². The van der Waals surface area contributed by atoms with Gasteiger partial charge in [-0.2, -0.15) is 5.26 Å². The van der Waals surface area contributed by atoms with E-state index in [2.05, 4.69) is 16.3 Å². The van der Waals surface area contributed by atoms with Crippen molar-refractivity contribution < 1.29 is 23.5 Å². The number of amides is 3. The van der Waals surface area contributed by atoms with Gasteiger partial charge in [0.2, 0.25) is 11.8 Å². The van der Waals surface area contributed by atoms with E-state index in [0.29, 0.717) is 25.3 Å². The molecule has 9 nitrogen and oxygen atoms in total. The van der Waals surface area contributed by atoms with E-state index in [9.17, 15) is 24.0 Å². The van der Waals surface area contributed by atoms with Crippen LogP contribution in [0.15, 0.2) is 24.3 Å². The van der Waals surface area contributed by atoms with Crippen LogP contribution in [0.5, 0.6) is 0 Å². The van der Waals surface area contributed by atoms with Crippen LogP contribution >= 0.6 is 0 Å². The van der Waals surface area contributed by atoms with Crippen LogP contribution in [0, 0.1) is 23.1 Å². The Kier molecular flexibility index (Phi) is 7.00. The number of benzene rings is 1. The van der Waals surface area contributed by atoms with Crippen LogP contribution in [0.4, 0.5) is 9.18 Å². The predicted molar refractivity (Wildman–Crippen MR) is 148 cm³/mol. The highest BCUT2D eigenvalue weighted by Crippen LogP contribution is 2.50. The number of halogens is 1. The maximum atomic E-state index is 14.1. The molecule has 3 heterocycles. The summed E-state index contributed by atoms with van der Waals surface area (Å²) < 4.78 is 19.3. The van der Waals surface area contributed by atoms with E-state index < -0.39 is 35.4 Å². The van der Waals surface area contributed by atoms with Gasteiger partial charge in [0.15, 0.2) is 0 Å². The molecule has 0 spiro atoms. The van der Waals surface area contributed by atoms with E-state index in [1.165, 1.54) is 12.1 Å². The first-order valence-corrected chi connectivity index (χ1v) is 15.1. The summed E-state index contributed by atoms with van der Waals surface area (Å²) in [6.45, 7) is 6.05. The van der Waals surface area contributed by atoms with Crippen LogP contribution in [-0.2, 0) is 19.9 Å². The molecular weight excluding hydrogens is 525 g/mol. The second-order valence-corrected chi connectivity index (χ2v) is 13.6. The van der Waals surface area contributed by atoms with Crippen molar-refractivity contribution in [2.45, 2.75) is 113 Å². The number of nitrogens with one attached hydrogen (secondary N) is 1. The highest BCUT2D eigenvalue weighted by Gasteiger charge is 2.59. The second kappa shape index (κ2) is 10.3. The van der Waals surface area contributed by atoms with E-state index in [-0.39, 0.29) is 36.3 Å². The Bertz CT molecular complexity index is 1250. The van der Waals surface area contributed by atoms with E-state index in [1.54, 1.807) is 25.7 Å². The Morgan fingerprint density at radius 2 is 1.85 bits per heavy atom.